The number of pyridine rings is 1. The van der Waals surface area contributed by atoms with Crippen molar-refractivity contribution >= 4 is 16.9 Å². The number of esters is 1. The van der Waals surface area contributed by atoms with Crippen LogP contribution in [0.2, 0.25) is 0 Å². The molecule has 0 saturated carbocycles. The Morgan fingerprint density at radius 2 is 1.68 bits per heavy atom. The molecule has 2 aliphatic heterocycles. The van der Waals surface area contributed by atoms with Crippen molar-refractivity contribution in [3.63, 3.8) is 0 Å². The number of piperidine rings is 1. The molecule has 12 heteroatoms. The molecule has 0 amide bonds. The first-order chi connectivity index (χ1) is 25.7. The van der Waals surface area contributed by atoms with E-state index < -0.39 is 0 Å². The second-order valence-electron chi connectivity index (χ2n) is 14.0. The van der Waals surface area contributed by atoms with Gasteiger partial charge in [-0.3, -0.25) is 20.1 Å². The van der Waals surface area contributed by atoms with Crippen molar-refractivity contribution in [3.8, 4) is 45.7 Å². The first-order valence-corrected chi connectivity index (χ1v) is 18.1. The largest absolute Gasteiger partial charge is 0.480 e. The number of fused-ring (bicyclic) bond motifs is 1. The summed E-state index contributed by atoms with van der Waals surface area (Å²) >= 11 is 0. The van der Waals surface area contributed by atoms with Gasteiger partial charge in [0, 0.05) is 50.0 Å². The number of ether oxygens (including phenoxy) is 2. The van der Waals surface area contributed by atoms with Crippen LogP contribution in [-0.4, -0.2) is 88.5 Å². The average molecular weight is 716 g/mol. The molecular formula is C41H45N7O5. The number of furan rings is 1. The minimum atomic E-state index is -0.309. The molecule has 2 fully saturated rings. The number of aromatic nitrogens is 3. The average Bonchev–Trinajstić information content (AvgIpc) is 3.81. The highest BCUT2D eigenvalue weighted by Gasteiger charge is 2.26. The number of nitrogens with one attached hydrogen (secondary N) is 1. The number of nitriles is 1. The maximum absolute atomic E-state index is 11.9. The van der Waals surface area contributed by atoms with Gasteiger partial charge in [-0.15, -0.1) is 0 Å². The molecule has 0 aliphatic carbocycles. The van der Waals surface area contributed by atoms with E-state index in [2.05, 4.69) is 41.8 Å². The second kappa shape index (κ2) is 15.3. The molecule has 53 heavy (non-hydrogen) atoms. The van der Waals surface area contributed by atoms with E-state index in [4.69, 9.17) is 29.3 Å². The summed E-state index contributed by atoms with van der Waals surface area (Å²) in [6, 6.07) is 16.4. The highest BCUT2D eigenvalue weighted by atomic mass is 16.5. The Morgan fingerprint density at radius 1 is 1.00 bits per heavy atom. The van der Waals surface area contributed by atoms with Gasteiger partial charge in [-0.25, -0.2) is 4.98 Å². The maximum Gasteiger partial charge on any atom is 0.308 e. The van der Waals surface area contributed by atoms with E-state index in [9.17, 15) is 15.2 Å². The van der Waals surface area contributed by atoms with Crippen molar-refractivity contribution in [2.24, 2.45) is 5.92 Å². The normalized spacial score (nSPS) is 16.9. The predicted octanol–water partition coefficient (Wildman–Crippen LogP) is 5.45. The number of β-amino-alcohol motifs (C(OH)–C–C–N with tert-alkyl or cyclic N) is 1. The van der Waals surface area contributed by atoms with Crippen LogP contribution in [0.25, 0.3) is 44.7 Å². The van der Waals surface area contributed by atoms with Gasteiger partial charge in [-0.1, -0.05) is 36.4 Å². The third kappa shape index (κ3) is 7.20. The summed E-state index contributed by atoms with van der Waals surface area (Å²) in [5, 5.41) is 29.7. The van der Waals surface area contributed by atoms with E-state index in [1.807, 2.05) is 34.9 Å². The molecule has 2 aromatic carbocycles. The molecule has 0 bridgehead atoms. The Balaban J connectivity index is 1.16. The number of aliphatic hydroxyl groups is 1. The number of nitrogens with zero attached hydrogens (tertiary/aromatic N) is 6. The second-order valence-corrected chi connectivity index (χ2v) is 14.0. The molecule has 7 rings (SSSR count). The van der Waals surface area contributed by atoms with Crippen LogP contribution in [0.1, 0.15) is 41.6 Å². The van der Waals surface area contributed by atoms with Crippen LogP contribution in [0.15, 0.2) is 59.3 Å². The van der Waals surface area contributed by atoms with E-state index >= 15 is 0 Å². The van der Waals surface area contributed by atoms with Crippen LogP contribution in [0, 0.1) is 36.5 Å². The maximum atomic E-state index is 11.9. The number of carbonyl (C=O) groups excluding carboxylic acids is 1. The van der Waals surface area contributed by atoms with Crippen LogP contribution >= 0.6 is 0 Å². The topological polar surface area (TPSA) is 154 Å². The van der Waals surface area contributed by atoms with E-state index in [-0.39, 0.29) is 23.5 Å². The zero-order valence-corrected chi connectivity index (χ0v) is 30.7. The number of carbonyl (C=O) groups is 1. The lowest BCUT2D eigenvalue weighted by atomic mass is 9.90. The fourth-order valence-electron chi connectivity index (χ4n) is 7.76. The smallest absolute Gasteiger partial charge is 0.308 e. The number of rotatable bonds is 10. The van der Waals surface area contributed by atoms with Gasteiger partial charge in [0.15, 0.2) is 5.58 Å². The quantitative estimate of drug-likeness (QED) is 0.178. The lowest BCUT2D eigenvalue weighted by Crippen LogP contribution is -2.39. The summed E-state index contributed by atoms with van der Waals surface area (Å²) in [5.41, 5.74) is 8.47. The molecule has 0 unspecified atom stereocenters. The Hall–Kier alpha value is -5.35. The van der Waals surface area contributed by atoms with Crippen molar-refractivity contribution in [3.05, 3.63) is 82.7 Å². The summed E-state index contributed by atoms with van der Waals surface area (Å²) in [5.74, 6) is 0.862. The number of likely N-dealkylation sites (tertiary alicyclic amines) is 2. The van der Waals surface area contributed by atoms with Gasteiger partial charge < -0.3 is 28.5 Å². The van der Waals surface area contributed by atoms with E-state index in [1.165, 1.54) is 7.11 Å². The minimum Gasteiger partial charge on any atom is -0.480 e. The van der Waals surface area contributed by atoms with E-state index in [0.29, 0.717) is 60.0 Å². The summed E-state index contributed by atoms with van der Waals surface area (Å²) in [6.07, 6.45) is 5.45. The van der Waals surface area contributed by atoms with Gasteiger partial charge >= 0.3 is 5.97 Å². The lowest BCUT2D eigenvalue weighted by molar-refractivity contribution is -0.147. The standard InChI is InChI=1S/C41H45N7O5/c1-25-30(7-5-9-32(25)35-21-44-36(40(45-35)51-3)24-47-16-13-29(49)23-47)31-8-6-10-33(26(31)2)37-19-34-38(53-37)28(20-42)22-48(39(34)43)18-17-46-14-11-27(12-15-46)41(50)52-4/h5-10,19,21-22,27,29,43,49H,11-18,23-24H2,1-4H3/t29-/m1/s1. The van der Waals surface area contributed by atoms with Crippen LogP contribution < -0.4 is 10.2 Å². The van der Waals surface area contributed by atoms with Gasteiger partial charge in [0.2, 0.25) is 5.88 Å². The number of aliphatic hydroxyl groups excluding tert-OH is 1. The SMILES string of the molecule is COC(=O)C1CCN(CCn2cc(C#N)c3oc(-c4cccc(-c5cccc(-c6cnc(CN7CC[C@@H](O)C7)c(OC)n6)c5C)c4C)cc3c2=N)CC1. The highest BCUT2D eigenvalue weighted by molar-refractivity contribution is 5.88. The molecule has 3 aromatic heterocycles. The monoisotopic (exact) mass is 715 g/mol. The third-order valence-corrected chi connectivity index (χ3v) is 10.8. The fraction of sp³-hybridized carbons (Fsp3) is 0.390. The van der Waals surface area contributed by atoms with Gasteiger partial charge in [0.1, 0.15) is 28.6 Å². The summed E-state index contributed by atoms with van der Waals surface area (Å²) in [7, 11) is 3.04. The van der Waals surface area contributed by atoms with Gasteiger partial charge in [0.25, 0.3) is 0 Å². The lowest BCUT2D eigenvalue weighted by Gasteiger charge is -2.30. The van der Waals surface area contributed by atoms with Crippen molar-refractivity contribution in [1.29, 1.82) is 10.7 Å². The molecule has 5 aromatic rings. The van der Waals surface area contributed by atoms with Crippen molar-refractivity contribution in [2.75, 3.05) is 46.9 Å². The summed E-state index contributed by atoms with van der Waals surface area (Å²) < 4.78 is 18.8. The Morgan fingerprint density at radius 3 is 2.34 bits per heavy atom. The van der Waals surface area contributed by atoms with Crippen molar-refractivity contribution in [1.82, 2.24) is 24.3 Å². The number of benzene rings is 2. The van der Waals surface area contributed by atoms with E-state index in [0.717, 1.165) is 78.0 Å². The summed E-state index contributed by atoms with van der Waals surface area (Å²) in [4.78, 5) is 26.0. The first-order valence-electron chi connectivity index (χ1n) is 18.1. The molecule has 0 radical (unpaired) electrons. The Bertz CT molecular complexity index is 2260. The molecular weight excluding hydrogens is 670 g/mol. The van der Waals surface area contributed by atoms with Gasteiger partial charge in [0.05, 0.1) is 43.5 Å². The number of methoxy groups -OCH3 is 2. The molecule has 1 atom stereocenters. The molecule has 12 nitrogen and oxygen atoms in total. The molecule has 0 spiro atoms. The van der Waals surface area contributed by atoms with Crippen molar-refractivity contribution < 1.29 is 23.8 Å². The molecule has 2 aliphatic rings. The first kappa shape index (κ1) is 36.0. The van der Waals surface area contributed by atoms with Gasteiger partial charge in [-0.2, -0.15) is 5.26 Å². The Kier molecular flexibility index (Phi) is 10.4. The molecule has 2 saturated heterocycles. The van der Waals surface area contributed by atoms with Gasteiger partial charge in [-0.05, 0) is 74.5 Å². The fourth-order valence-corrected chi connectivity index (χ4v) is 7.76. The zero-order chi connectivity index (χ0) is 37.2. The predicted molar refractivity (Wildman–Crippen MR) is 200 cm³/mol. The van der Waals surface area contributed by atoms with Crippen LogP contribution in [-0.2, 0) is 22.6 Å². The third-order valence-electron chi connectivity index (χ3n) is 10.8. The van der Waals surface area contributed by atoms with Crippen LogP contribution in [0.3, 0.4) is 0 Å². The molecule has 5 heterocycles. The molecule has 274 valence electrons. The zero-order valence-electron chi connectivity index (χ0n) is 30.7. The summed E-state index contributed by atoms with van der Waals surface area (Å²) in [6.45, 7) is 8.95. The van der Waals surface area contributed by atoms with Crippen LogP contribution in [0.4, 0.5) is 0 Å². The number of hydrogen-bond acceptors (Lipinski definition) is 11. The molecule has 2 N–H and O–H groups in total. The number of hydrogen-bond donors (Lipinski definition) is 2. The van der Waals surface area contributed by atoms with Crippen LogP contribution in [0.5, 0.6) is 5.88 Å². The van der Waals surface area contributed by atoms with Crippen molar-refractivity contribution in [2.45, 2.75) is 52.3 Å². The van der Waals surface area contributed by atoms with E-state index in [1.54, 1.807) is 19.5 Å². The Labute approximate surface area is 308 Å². The highest BCUT2D eigenvalue weighted by Crippen LogP contribution is 2.38. The minimum absolute atomic E-state index is 0.0608.